The van der Waals surface area contributed by atoms with Crippen molar-refractivity contribution in [2.75, 3.05) is 6.54 Å². The van der Waals surface area contributed by atoms with E-state index in [-0.39, 0.29) is 18.2 Å². The SMILES string of the molecule is O=C(C[C@@H](C(=O)O)C(Cc1ccccc1)c1ccccc1)NCCCn1ccnc1. The number of nitrogens with zero attached hydrogens (tertiary/aromatic N) is 2. The first-order valence-electron chi connectivity index (χ1n) is 10.2. The minimum absolute atomic E-state index is 0.0488. The summed E-state index contributed by atoms with van der Waals surface area (Å²) in [6.07, 6.45) is 6.59. The van der Waals surface area contributed by atoms with Gasteiger partial charge in [0.2, 0.25) is 5.91 Å². The molecule has 0 saturated heterocycles. The smallest absolute Gasteiger partial charge is 0.307 e. The van der Waals surface area contributed by atoms with E-state index < -0.39 is 11.9 Å². The Balaban J connectivity index is 1.65. The molecule has 1 unspecified atom stereocenters. The number of carbonyl (C=O) groups is 2. The fraction of sp³-hybridized carbons (Fsp3) is 0.292. The van der Waals surface area contributed by atoms with Gasteiger partial charge in [-0.1, -0.05) is 60.7 Å². The van der Waals surface area contributed by atoms with Crippen LogP contribution in [0, 0.1) is 5.92 Å². The van der Waals surface area contributed by atoms with E-state index in [4.69, 9.17) is 0 Å². The number of aryl methyl sites for hydroxylation is 1. The molecule has 0 aliphatic carbocycles. The van der Waals surface area contributed by atoms with Crippen LogP contribution in [0.15, 0.2) is 79.4 Å². The van der Waals surface area contributed by atoms with Crippen LogP contribution in [0.2, 0.25) is 0 Å². The number of amides is 1. The molecule has 1 heterocycles. The lowest BCUT2D eigenvalue weighted by Crippen LogP contribution is -2.33. The predicted octanol–water partition coefficient (Wildman–Crippen LogP) is 3.51. The number of rotatable bonds is 11. The van der Waals surface area contributed by atoms with Crippen LogP contribution in [-0.2, 0) is 22.6 Å². The molecule has 0 fully saturated rings. The second-order valence-electron chi connectivity index (χ2n) is 7.36. The van der Waals surface area contributed by atoms with Gasteiger partial charge in [-0.2, -0.15) is 0 Å². The molecule has 30 heavy (non-hydrogen) atoms. The summed E-state index contributed by atoms with van der Waals surface area (Å²) in [5.41, 5.74) is 1.99. The molecule has 0 aliphatic rings. The second-order valence-corrected chi connectivity index (χ2v) is 7.36. The molecule has 6 heteroatoms. The number of carbonyl (C=O) groups excluding carboxylic acids is 1. The average molecular weight is 405 g/mol. The van der Waals surface area contributed by atoms with Crippen LogP contribution in [0.5, 0.6) is 0 Å². The zero-order valence-electron chi connectivity index (χ0n) is 16.9. The predicted molar refractivity (Wildman–Crippen MR) is 115 cm³/mol. The van der Waals surface area contributed by atoms with Crippen molar-refractivity contribution >= 4 is 11.9 Å². The van der Waals surface area contributed by atoms with Gasteiger partial charge in [0.15, 0.2) is 0 Å². The number of aromatic nitrogens is 2. The number of hydrogen-bond donors (Lipinski definition) is 2. The van der Waals surface area contributed by atoms with Crippen molar-refractivity contribution in [1.82, 2.24) is 14.9 Å². The van der Waals surface area contributed by atoms with E-state index >= 15 is 0 Å². The molecule has 2 atom stereocenters. The van der Waals surface area contributed by atoms with Crippen LogP contribution >= 0.6 is 0 Å². The van der Waals surface area contributed by atoms with E-state index in [0.717, 1.165) is 24.1 Å². The largest absolute Gasteiger partial charge is 0.481 e. The highest BCUT2D eigenvalue weighted by Crippen LogP contribution is 2.31. The number of carboxylic acid groups (broad SMARTS) is 1. The van der Waals surface area contributed by atoms with E-state index in [1.54, 1.807) is 12.5 Å². The fourth-order valence-electron chi connectivity index (χ4n) is 3.64. The Bertz CT molecular complexity index is 911. The Kier molecular flexibility index (Phi) is 7.78. The van der Waals surface area contributed by atoms with Crippen LogP contribution in [0.1, 0.15) is 29.9 Å². The molecule has 0 bridgehead atoms. The normalized spacial score (nSPS) is 12.8. The Labute approximate surface area is 176 Å². The fourth-order valence-corrected chi connectivity index (χ4v) is 3.64. The van der Waals surface area contributed by atoms with E-state index in [0.29, 0.717) is 13.0 Å². The molecule has 2 N–H and O–H groups in total. The van der Waals surface area contributed by atoms with Crippen molar-refractivity contribution in [3.05, 3.63) is 90.5 Å². The summed E-state index contributed by atoms with van der Waals surface area (Å²) in [5, 5.41) is 12.8. The summed E-state index contributed by atoms with van der Waals surface area (Å²) in [6, 6.07) is 19.4. The van der Waals surface area contributed by atoms with E-state index in [1.165, 1.54) is 0 Å². The monoisotopic (exact) mass is 405 g/mol. The van der Waals surface area contributed by atoms with E-state index in [2.05, 4.69) is 10.3 Å². The average Bonchev–Trinajstić information content (AvgIpc) is 3.28. The quantitative estimate of drug-likeness (QED) is 0.478. The lowest BCUT2D eigenvalue weighted by atomic mass is 9.79. The first kappa shape index (κ1) is 21.3. The van der Waals surface area contributed by atoms with Crippen LogP contribution < -0.4 is 5.32 Å². The molecule has 3 aromatic rings. The zero-order valence-corrected chi connectivity index (χ0v) is 16.9. The van der Waals surface area contributed by atoms with Gasteiger partial charge in [0, 0.05) is 37.8 Å². The molecule has 0 spiro atoms. The topological polar surface area (TPSA) is 84.2 Å². The molecular weight excluding hydrogens is 378 g/mol. The van der Waals surface area contributed by atoms with Crippen LogP contribution in [0.3, 0.4) is 0 Å². The number of benzene rings is 2. The van der Waals surface area contributed by atoms with Gasteiger partial charge < -0.3 is 15.0 Å². The molecule has 3 rings (SSSR count). The van der Waals surface area contributed by atoms with E-state index in [9.17, 15) is 14.7 Å². The number of nitrogens with one attached hydrogen (secondary N) is 1. The first-order valence-corrected chi connectivity index (χ1v) is 10.2. The number of hydrogen-bond acceptors (Lipinski definition) is 3. The Morgan fingerprint density at radius 1 is 1.03 bits per heavy atom. The first-order chi connectivity index (χ1) is 14.6. The Morgan fingerprint density at radius 2 is 1.73 bits per heavy atom. The van der Waals surface area contributed by atoms with Crippen molar-refractivity contribution in [2.24, 2.45) is 5.92 Å². The third kappa shape index (κ3) is 6.30. The third-order valence-corrected chi connectivity index (χ3v) is 5.21. The molecule has 1 aromatic heterocycles. The van der Waals surface area contributed by atoms with Gasteiger partial charge >= 0.3 is 5.97 Å². The highest BCUT2D eigenvalue weighted by molar-refractivity contribution is 5.83. The maximum Gasteiger partial charge on any atom is 0.307 e. The highest BCUT2D eigenvalue weighted by Gasteiger charge is 2.31. The van der Waals surface area contributed by atoms with Gasteiger partial charge in [0.05, 0.1) is 12.2 Å². The maximum atomic E-state index is 12.5. The van der Waals surface area contributed by atoms with Crippen molar-refractivity contribution in [3.8, 4) is 0 Å². The van der Waals surface area contributed by atoms with Crippen molar-refractivity contribution in [2.45, 2.75) is 31.7 Å². The molecular formula is C24H27N3O3. The van der Waals surface area contributed by atoms with E-state index in [1.807, 2.05) is 71.4 Å². The van der Waals surface area contributed by atoms with Crippen LogP contribution in [-0.4, -0.2) is 33.1 Å². The number of aliphatic carboxylic acids is 1. The van der Waals surface area contributed by atoms with Gasteiger partial charge in [-0.25, -0.2) is 4.98 Å². The molecule has 2 aromatic carbocycles. The summed E-state index contributed by atoms with van der Waals surface area (Å²) < 4.78 is 1.94. The molecule has 0 radical (unpaired) electrons. The third-order valence-electron chi connectivity index (χ3n) is 5.21. The molecule has 6 nitrogen and oxygen atoms in total. The highest BCUT2D eigenvalue weighted by atomic mass is 16.4. The Morgan fingerprint density at radius 3 is 2.37 bits per heavy atom. The molecule has 1 amide bonds. The lowest BCUT2D eigenvalue weighted by Gasteiger charge is -2.24. The molecule has 156 valence electrons. The Hall–Kier alpha value is -3.41. The van der Waals surface area contributed by atoms with Gasteiger partial charge in [0.25, 0.3) is 0 Å². The summed E-state index contributed by atoms with van der Waals surface area (Å²) in [7, 11) is 0. The summed E-state index contributed by atoms with van der Waals surface area (Å²) in [4.78, 5) is 28.6. The minimum Gasteiger partial charge on any atom is -0.481 e. The summed E-state index contributed by atoms with van der Waals surface area (Å²) in [5.74, 6) is -2.28. The van der Waals surface area contributed by atoms with Gasteiger partial charge in [-0.3, -0.25) is 9.59 Å². The second kappa shape index (κ2) is 11.0. The maximum absolute atomic E-state index is 12.5. The van der Waals surface area contributed by atoms with Gasteiger partial charge in [-0.15, -0.1) is 0 Å². The number of imidazole rings is 1. The van der Waals surface area contributed by atoms with Crippen LogP contribution in [0.4, 0.5) is 0 Å². The zero-order chi connectivity index (χ0) is 21.2. The van der Waals surface area contributed by atoms with Crippen molar-refractivity contribution in [1.29, 1.82) is 0 Å². The summed E-state index contributed by atoms with van der Waals surface area (Å²) >= 11 is 0. The summed E-state index contributed by atoms with van der Waals surface area (Å²) in [6.45, 7) is 1.25. The van der Waals surface area contributed by atoms with Crippen molar-refractivity contribution in [3.63, 3.8) is 0 Å². The standard InChI is InChI=1S/C24H27N3O3/c28-23(26-12-7-14-27-15-13-25-18-27)17-22(24(29)30)21(20-10-5-2-6-11-20)16-19-8-3-1-4-9-19/h1-6,8-11,13,15,18,21-22H,7,12,14,16-17H2,(H,26,28)(H,29,30)/t21?,22-/m1/s1. The molecule has 0 aliphatic heterocycles. The number of carboxylic acids is 1. The minimum atomic E-state index is -0.951. The lowest BCUT2D eigenvalue weighted by molar-refractivity contribution is -0.145. The van der Waals surface area contributed by atoms with Crippen molar-refractivity contribution < 1.29 is 14.7 Å². The van der Waals surface area contributed by atoms with Crippen LogP contribution in [0.25, 0.3) is 0 Å². The van der Waals surface area contributed by atoms with Gasteiger partial charge in [0.1, 0.15) is 0 Å². The van der Waals surface area contributed by atoms with Gasteiger partial charge in [-0.05, 0) is 24.0 Å². The molecule has 0 saturated carbocycles.